The zero-order valence-electron chi connectivity index (χ0n) is 36.4. The minimum atomic E-state index is -5.28. The predicted octanol–water partition coefficient (Wildman–Crippen LogP) is 16.6. The van der Waals surface area contributed by atoms with Gasteiger partial charge in [-0.2, -0.15) is 42.8 Å². The Labute approximate surface area is 330 Å². The maximum absolute atomic E-state index is 14.3. The molecule has 1 rings (SSSR count). The van der Waals surface area contributed by atoms with Crippen molar-refractivity contribution in [2.24, 2.45) is 5.92 Å². The standard InChI is InChI=1S/C28H60B.C18H25F6N/c1-5-9-13-17-21-25-29(26-22-18-14-10-6-2,27-23-19-15-11-7-3)28-24-20-16-12-8-4;1-4-7-8-12(5-2)9-10-25(6-3)14-11-13(19)16(20)15(17(14)21)18(22,23)24/h5-28H2,1-4H3;11-12H,4-10H2,1-3H3/q-1;/p+1. The van der Waals surface area contributed by atoms with Crippen molar-refractivity contribution in [2.75, 3.05) is 13.1 Å². The summed E-state index contributed by atoms with van der Waals surface area (Å²) in [5, 5.41) is 0. The van der Waals surface area contributed by atoms with Gasteiger partial charge in [0, 0.05) is 12.2 Å². The van der Waals surface area contributed by atoms with Crippen LogP contribution in [-0.4, -0.2) is 19.2 Å². The van der Waals surface area contributed by atoms with Crippen LogP contribution in [-0.2, 0) is 6.18 Å². The molecule has 8 heteroatoms. The molecule has 54 heavy (non-hydrogen) atoms. The zero-order valence-corrected chi connectivity index (χ0v) is 36.4. The summed E-state index contributed by atoms with van der Waals surface area (Å²) in [6.45, 7) is 15.8. The second-order valence-electron chi connectivity index (χ2n) is 16.9. The average molecular weight is 778 g/mol. The number of hydrogen-bond acceptors (Lipinski definition) is 0. The monoisotopic (exact) mass is 778 g/mol. The molecule has 2 unspecified atom stereocenters. The first-order valence-corrected chi connectivity index (χ1v) is 23.2. The second kappa shape index (κ2) is 32.9. The minimum Gasteiger partial charge on any atom is -0.300 e. The average Bonchev–Trinajstić information content (AvgIpc) is 3.14. The summed E-state index contributed by atoms with van der Waals surface area (Å²) in [5.74, 6) is -5.19. The number of hydrogen-bond donors (Lipinski definition) is 1. The number of unbranched alkanes of at least 4 members (excludes halogenated alkanes) is 17. The molecular formula is C46H86BF6N. The first kappa shape index (κ1) is 52.8. The van der Waals surface area contributed by atoms with Gasteiger partial charge in [-0.15, -0.1) is 0 Å². The number of rotatable bonds is 33. The lowest BCUT2D eigenvalue weighted by molar-refractivity contribution is -0.832. The Morgan fingerprint density at radius 2 is 0.907 bits per heavy atom. The molecule has 2 atom stereocenters. The fourth-order valence-electron chi connectivity index (χ4n) is 8.63. The van der Waals surface area contributed by atoms with Crippen molar-refractivity contribution < 1.29 is 31.2 Å². The molecule has 1 nitrogen and oxygen atoms in total. The maximum atomic E-state index is 14.3. The first-order chi connectivity index (χ1) is 25.9. The summed E-state index contributed by atoms with van der Waals surface area (Å²) in [4.78, 5) is 0.386. The quantitative estimate of drug-likeness (QED) is 0.0314. The summed E-state index contributed by atoms with van der Waals surface area (Å²) in [6, 6.07) is 0.547. The normalized spacial score (nSPS) is 13.2. The smallest absolute Gasteiger partial charge is 0.300 e. The second-order valence-corrected chi connectivity index (χ2v) is 16.9. The van der Waals surface area contributed by atoms with Crippen LogP contribution >= 0.6 is 0 Å². The van der Waals surface area contributed by atoms with Crippen molar-refractivity contribution in [3.05, 3.63) is 29.1 Å². The number of nitrogens with one attached hydrogen (secondary N) is 1. The summed E-state index contributed by atoms with van der Waals surface area (Å²) < 4.78 is 80.1. The van der Waals surface area contributed by atoms with Gasteiger partial charge in [-0.3, -0.25) is 0 Å². The van der Waals surface area contributed by atoms with Crippen molar-refractivity contribution in [1.29, 1.82) is 0 Å². The molecule has 320 valence electrons. The molecule has 0 fully saturated rings. The molecule has 0 aliphatic carbocycles. The molecule has 0 spiro atoms. The number of benzene rings is 1. The van der Waals surface area contributed by atoms with Gasteiger partial charge in [0.1, 0.15) is 5.56 Å². The lowest BCUT2D eigenvalue weighted by Crippen LogP contribution is -3.07. The molecule has 1 aromatic carbocycles. The van der Waals surface area contributed by atoms with E-state index in [1.165, 1.54) is 128 Å². The van der Waals surface area contributed by atoms with E-state index in [-0.39, 0.29) is 12.7 Å². The Bertz CT molecular complexity index is 954. The molecule has 0 heterocycles. The van der Waals surface area contributed by atoms with E-state index in [0.717, 1.165) is 25.7 Å². The third-order valence-corrected chi connectivity index (χ3v) is 12.3. The molecule has 0 bridgehead atoms. The van der Waals surface area contributed by atoms with Crippen molar-refractivity contribution in [3.63, 3.8) is 0 Å². The highest BCUT2D eigenvalue weighted by Crippen LogP contribution is 2.37. The molecule has 0 saturated heterocycles. The fraction of sp³-hybridized carbons (Fsp3) is 0.870. The van der Waals surface area contributed by atoms with E-state index in [9.17, 15) is 26.3 Å². The molecule has 0 aliphatic heterocycles. The number of alkyl halides is 3. The van der Waals surface area contributed by atoms with Gasteiger partial charge in [-0.25, -0.2) is 8.78 Å². The van der Waals surface area contributed by atoms with E-state index in [2.05, 4.69) is 34.6 Å². The highest BCUT2D eigenvalue weighted by Gasteiger charge is 2.42. The lowest BCUT2D eigenvalue weighted by Gasteiger charge is -2.41. The van der Waals surface area contributed by atoms with Crippen molar-refractivity contribution in [2.45, 2.75) is 240 Å². The molecule has 1 aromatic rings. The minimum absolute atomic E-state index is 0.0861. The van der Waals surface area contributed by atoms with Gasteiger partial charge in [0.25, 0.3) is 0 Å². The van der Waals surface area contributed by atoms with Crippen LogP contribution in [0.1, 0.15) is 215 Å². The fourth-order valence-corrected chi connectivity index (χ4v) is 8.63. The first-order valence-electron chi connectivity index (χ1n) is 23.2. The van der Waals surface area contributed by atoms with Crippen LogP contribution in [0.2, 0.25) is 25.3 Å². The lowest BCUT2D eigenvalue weighted by atomic mass is 9.17. The van der Waals surface area contributed by atoms with E-state index < -0.39 is 34.9 Å². The van der Waals surface area contributed by atoms with Gasteiger partial charge in [0.05, 0.1) is 13.1 Å². The largest absolute Gasteiger partial charge is 0.422 e. The summed E-state index contributed by atoms with van der Waals surface area (Å²) in [6.07, 6.45) is 35.1. The third-order valence-electron chi connectivity index (χ3n) is 12.3. The van der Waals surface area contributed by atoms with Crippen molar-refractivity contribution in [1.82, 2.24) is 0 Å². The van der Waals surface area contributed by atoms with Crippen molar-refractivity contribution >= 4 is 11.8 Å². The van der Waals surface area contributed by atoms with E-state index in [0.29, 0.717) is 29.8 Å². The zero-order chi connectivity index (χ0) is 40.7. The molecule has 0 aromatic heterocycles. The van der Waals surface area contributed by atoms with Gasteiger partial charge >= 0.3 is 6.18 Å². The predicted molar refractivity (Wildman–Crippen MR) is 225 cm³/mol. The van der Waals surface area contributed by atoms with Crippen LogP contribution in [0.25, 0.3) is 0 Å². The van der Waals surface area contributed by atoms with Crippen LogP contribution < -0.4 is 4.90 Å². The molecule has 0 saturated carbocycles. The van der Waals surface area contributed by atoms with Crippen LogP contribution in [0.4, 0.5) is 32.0 Å². The van der Waals surface area contributed by atoms with Gasteiger partial charge in [-0.1, -0.05) is 196 Å². The summed E-state index contributed by atoms with van der Waals surface area (Å²) in [7, 11) is 0. The van der Waals surface area contributed by atoms with Crippen LogP contribution in [0.5, 0.6) is 0 Å². The molecule has 1 N–H and O–H groups in total. The molecular weight excluding hydrogens is 691 g/mol. The number of quaternary nitrogens is 1. The Kier molecular flexibility index (Phi) is 32.1. The highest BCUT2D eigenvalue weighted by molar-refractivity contribution is 6.79. The van der Waals surface area contributed by atoms with Gasteiger partial charge in [0.15, 0.2) is 23.1 Å². The Morgan fingerprint density at radius 1 is 0.519 bits per heavy atom. The molecule has 0 radical (unpaired) electrons. The van der Waals surface area contributed by atoms with E-state index in [1.807, 2.05) is 6.92 Å². The van der Waals surface area contributed by atoms with E-state index >= 15 is 0 Å². The maximum Gasteiger partial charge on any atom is 0.422 e. The van der Waals surface area contributed by atoms with Gasteiger partial charge in [0.2, 0.25) is 0 Å². The SMILES string of the molecule is CCCCC(CC)CC[NH+](CC)c1cc(F)c(F)c(C(F)(F)F)c1F.CCCCCCC[B-](CCCCCCC)(CCCCCCC)CCCCCCC. The Hall–Kier alpha value is -1.18. The van der Waals surface area contributed by atoms with Gasteiger partial charge < -0.3 is 4.90 Å². The molecule has 0 amide bonds. The topological polar surface area (TPSA) is 4.44 Å². The summed E-state index contributed by atoms with van der Waals surface area (Å²) >= 11 is 0. The van der Waals surface area contributed by atoms with E-state index in [1.54, 1.807) is 32.2 Å². The number of halogens is 6. The molecule has 0 aliphatic rings. The highest BCUT2D eigenvalue weighted by atomic mass is 19.4. The van der Waals surface area contributed by atoms with Crippen LogP contribution in [0.3, 0.4) is 0 Å². The van der Waals surface area contributed by atoms with Gasteiger partial charge in [-0.05, 0) is 19.3 Å². The van der Waals surface area contributed by atoms with Crippen LogP contribution in [0, 0.1) is 23.4 Å². The summed E-state index contributed by atoms with van der Waals surface area (Å²) in [5.41, 5.74) is -2.61. The van der Waals surface area contributed by atoms with Crippen molar-refractivity contribution in [3.8, 4) is 0 Å². The Morgan fingerprint density at radius 3 is 1.24 bits per heavy atom. The third kappa shape index (κ3) is 23.2. The van der Waals surface area contributed by atoms with E-state index in [4.69, 9.17) is 0 Å². The van der Waals surface area contributed by atoms with Crippen LogP contribution in [0.15, 0.2) is 6.07 Å². The Balaban J connectivity index is 0.00000105.